The second-order valence-corrected chi connectivity index (χ2v) is 11.8. The zero-order valence-electron chi connectivity index (χ0n) is 19.7. The van der Waals surface area contributed by atoms with Crippen LogP contribution in [0.5, 0.6) is 0 Å². The third-order valence-electron chi connectivity index (χ3n) is 7.19. The number of sulfone groups is 1. The molecule has 1 saturated heterocycles. The zero-order chi connectivity index (χ0) is 24.3. The van der Waals surface area contributed by atoms with E-state index in [0.717, 1.165) is 42.4 Å². The summed E-state index contributed by atoms with van der Waals surface area (Å²) >= 11 is 6.04. The van der Waals surface area contributed by atoms with Gasteiger partial charge in [0.2, 0.25) is 0 Å². The number of carbonyl (C=O) groups is 1. The fourth-order valence-electron chi connectivity index (χ4n) is 4.93. The number of nitrogens with zero attached hydrogens (tertiary/aromatic N) is 3. The molecule has 6 nitrogen and oxygen atoms in total. The Balaban J connectivity index is 1.40. The average molecular weight is 501 g/mol. The van der Waals surface area contributed by atoms with Gasteiger partial charge in [-0.2, -0.15) is 0 Å². The summed E-state index contributed by atoms with van der Waals surface area (Å²) in [6.45, 7) is 3.88. The van der Waals surface area contributed by atoms with Gasteiger partial charge in [-0.1, -0.05) is 23.7 Å². The molecule has 1 amide bonds. The van der Waals surface area contributed by atoms with Crippen LogP contribution < -0.4 is 4.90 Å². The summed E-state index contributed by atoms with van der Waals surface area (Å²) in [5, 5.41) is 2.37. The lowest BCUT2D eigenvalue weighted by molar-refractivity contribution is -0.861. The predicted molar refractivity (Wildman–Crippen MR) is 137 cm³/mol. The molecular formula is C26H31ClN3O3S+. The first-order valence-electron chi connectivity index (χ1n) is 11.6. The number of fused-ring (bicyclic) bond motifs is 1. The van der Waals surface area contributed by atoms with Gasteiger partial charge in [0.15, 0.2) is 9.84 Å². The summed E-state index contributed by atoms with van der Waals surface area (Å²) < 4.78 is 26.4. The number of carbonyl (C=O) groups excluding carboxylic acids is 1. The molecule has 0 radical (unpaired) electrons. The Kier molecular flexibility index (Phi) is 7.26. The summed E-state index contributed by atoms with van der Waals surface area (Å²) in [4.78, 5) is 19.4. The summed E-state index contributed by atoms with van der Waals surface area (Å²) in [7, 11) is -1.49. The molecule has 8 heteroatoms. The summed E-state index contributed by atoms with van der Waals surface area (Å²) in [5.41, 5.74) is 1.15. The van der Waals surface area contributed by atoms with Crippen LogP contribution in [-0.4, -0.2) is 62.3 Å². The topological polar surface area (TPSA) is 67.3 Å². The van der Waals surface area contributed by atoms with Gasteiger partial charge in [-0.15, -0.1) is 0 Å². The van der Waals surface area contributed by atoms with Gasteiger partial charge in [0.25, 0.3) is 0 Å². The van der Waals surface area contributed by atoms with Crippen molar-refractivity contribution in [1.29, 1.82) is 0 Å². The summed E-state index contributed by atoms with van der Waals surface area (Å²) in [5.74, 6) is 0.102. The first kappa shape index (κ1) is 24.6. The molecule has 34 heavy (non-hydrogen) atoms. The normalized spacial score (nSPS) is 17.0. The van der Waals surface area contributed by atoms with Gasteiger partial charge in [-0.3, -0.25) is 9.47 Å². The lowest BCUT2D eigenvalue weighted by Gasteiger charge is -2.43. The fourth-order valence-corrected chi connectivity index (χ4v) is 6.44. The highest BCUT2D eigenvalue weighted by Gasteiger charge is 2.39. The Morgan fingerprint density at radius 3 is 2.38 bits per heavy atom. The van der Waals surface area contributed by atoms with Gasteiger partial charge in [0, 0.05) is 55.5 Å². The van der Waals surface area contributed by atoms with Crippen LogP contribution in [0.1, 0.15) is 26.2 Å². The highest BCUT2D eigenvalue weighted by atomic mass is 35.5. The molecule has 4 rings (SSSR count). The molecule has 1 aromatic heterocycles. The molecule has 1 atom stereocenters. The number of rotatable bonds is 7. The van der Waals surface area contributed by atoms with Crippen LogP contribution in [0.2, 0.25) is 5.02 Å². The largest absolute Gasteiger partial charge is 0.371 e. The second kappa shape index (κ2) is 10.0. The zero-order valence-corrected chi connectivity index (χ0v) is 21.2. The van der Waals surface area contributed by atoms with Gasteiger partial charge >= 0.3 is 5.91 Å². The molecule has 0 saturated carbocycles. The first-order chi connectivity index (χ1) is 16.2. The van der Waals surface area contributed by atoms with E-state index in [9.17, 15) is 13.2 Å². The van der Waals surface area contributed by atoms with Crippen molar-refractivity contribution >= 4 is 43.8 Å². The highest BCUT2D eigenvalue weighted by Crippen LogP contribution is 2.27. The van der Waals surface area contributed by atoms with E-state index in [4.69, 9.17) is 11.6 Å². The molecule has 2 aromatic carbocycles. The lowest BCUT2D eigenvalue weighted by Crippen LogP contribution is -2.59. The van der Waals surface area contributed by atoms with Crippen molar-refractivity contribution in [1.82, 2.24) is 4.98 Å². The molecule has 1 aliphatic heterocycles. The monoisotopic (exact) mass is 500 g/mol. The first-order valence-corrected chi connectivity index (χ1v) is 13.7. The van der Waals surface area contributed by atoms with Gasteiger partial charge in [0.1, 0.15) is 0 Å². The van der Waals surface area contributed by atoms with Gasteiger partial charge in [0.05, 0.1) is 37.2 Å². The standard InChI is InChI=1S/C26H31ClN3O3S/c1-20(31)30(2,25-10-14-29(15-11-25)24-8-12-28-13-9-24)16-3-17-34(32,33)26-7-5-21-18-23(27)6-4-22(21)19-26/h4-9,12-13,18-19,25H,3,10-11,14-17H2,1-2H3/q+1. The van der Waals surface area contributed by atoms with E-state index in [2.05, 4.69) is 9.88 Å². The van der Waals surface area contributed by atoms with Gasteiger partial charge in [-0.25, -0.2) is 13.2 Å². The van der Waals surface area contributed by atoms with E-state index >= 15 is 0 Å². The van der Waals surface area contributed by atoms with Crippen molar-refractivity contribution in [2.45, 2.75) is 37.1 Å². The molecule has 1 unspecified atom stereocenters. The fraction of sp³-hybridized carbons (Fsp3) is 0.385. The molecule has 0 aliphatic carbocycles. The van der Waals surface area contributed by atoms with Crippen molar-refractivity contribution < 1.29 is 17.7 Å². The Hall–Kier alpha value is -2.48. The van der Waals surface area contributed by atoms with Crippen molar-refractivity contribution in [3.63, 3.8) is 0 Å². The lowest BCUT2D eigenvalue weighted by atomic mass is 9.99. The minimum Gasteiger partial charge on any atom is -0.371 e. The van der Waals surface area contributed by atoms with Crippen molar-refractivity contribution in [2.75, 3.05) is 37.3 Å². The smallest absolute Gasteiger partial charge is 0.310 e. The van der Waals surface area contributed by atoms with E-state index in [1.807, 2.05) is 31.3 Å². The number of aromatic nitrogens is 1. The number of halogens is 1. The molecule has 1 fully saturated rings. The van der Waals surface area contributed by atoms with Crippen LogP contribution in [0.4, 0.5) is 5.69 Å². The third-order valence-corrected chi connectivity index (χ3v) is 9.22. The number of anilines is 1. The van der Waals surface area contributed by atoms with Crippen LogP contribution >= 0.6 is 11.6 Å². The molecule has 0 N–H and O–H groups in total. The number of benzene rings is 2. The van der Waals surface area contributed by atoms with Crippen molar-refractivity contribution in [2.24, 2.45) is 0 Å². The number of hydrogen-bond acceptors (Lipinski definition) is 5. The number of hydrogen-bond donors (Lipinski definition) is 0. The Bertz CT molecular complexity index is 1270. The summed E-state index contributed by atoms with van der Waals surface area (Å²) in [6.07, 6.45) is 5.79. The Labute approximate surface area is 206 Å². The molecule has 2 heterocycles. The maximum Gasteiger partial charge on any atom is 0.310 e. The van der Waals surface area contributed by atoms with Gasteiger partial charge < -0.3 is 4.90 Å². The maximum absolute atomic E-state index is 13.0. The molecule has 180 valence electrons. The van der Waals surface area contributed by atoms with Crippen LogP contribution in [0.15, 0.2) is 65.8 Å². The third kappa shape index (κ3) is 5.27. The van der Waals surface area contributed by atoms with E-state index in [-0.39, 0.29) is 22.2 Å². The molecule has 0 bridgehead atoms. The molecule has 3 aromatic rings. The van der Waals surface area contributed by atoms with Crippen LogP contribution in [-0.2, 0) is 14.6 Å². The SMILES string of the molecule is CC(=O)[N+](C)(CCCS(=O)(=O)c1ccc2cc(Cl)ccc2c1)C1CCN(c2ccncc2)CC1. The van der Waals surface area contributed by atoms with Crippen molar-refractivity contribution in [3.05, 3.63) is 65.9 Å². The van der Waals surface area contributed by atoms with Gasteiger partial charge in [-0.05, 0) is 47.2 Å². The van der Waals surface area contributed by atoms with Crippen LogP contribution in [0.3, 0.4) is 0 Å². The minimum absolute atomic E-state index is 0.0169. The van der Waals surface area contributed by atoms with Crippen LogP contribution in [0.25, 0.3) is 10.8 Å². The highest BCUT2D eigenvalue weighted by molar-refractivity contribution is 7.91. The quantitative estimate of drug-likeness (QED) is 0.439. The number of amides is 1. The minimum atomic E-state index is -3.45. The molecular weight excluding hydrogens is 470 g/mol. The van der Waals surface area contributed by atoms with Crippen LogP contribution in [0, 0.1) is 0 Å². The number of piperidine rings is 1. The average Bonchev–Trinajstić information content (AvgIpc) is 2.84. The maximum atomic E-state index is 13.0. The van der Waals surface area contributed by atoms with E-state index < -0.39 is 9.84 Å². The Morgan fingerprint density at radius 2 is 1.71 bits per heavy atom. The van der Waals surface area contributed by atoms with E-state index in [1.54, 1.807) is 43.6 Å². The number of quaternary nitrogens is 1. The van der Waals surface area contributed by atoms with Crippen molar-refractivity contribution in [3.8, 4) is 0 Å². The number of pyridine rings is 1. The predicted octanol–water partition coefficient (Wildman–Crippen LogP) is 4.71. The Morgan fingerprint density at radius 1 is 1.06 bits per heavy atom. The summed E-state index contributed by atoms with van der Waals surface area (Å²) in [6, 6.07) is 14.7. The van der Waals surface area contributed by atoms with E-state index in [0.29, 0.717) is 22.9 Å². The molecule has 0 spiro atoms. The second-order valence-electron chi connectivity index (χ2n) is 9.26. The molecule has 1 aliphatic rings. The van der Waals surface area contributed by atoms with E-state index in [1.165, 1.54) is 0 Å².